The molecule has 0 aliphatic heterocycles. The molecule has 0 aromatic rings. The van der Waals surface area contributed by atoms with Gasteiger partial charge in [-0.1, -0.05) is 27.0 Å². The van der Waals surface area contributed by atoms with Crippen LogP contribution in [0.4, 0.5) is 0 Å². The van der Waals surface area contributed by atoms with Crippen molar-refractivity contribution in [3.05, 3.63) is 24.3 Å². The average molecular weight is 332 g/mol. The fraction of sp³-hybridized carbons (Fsp3) is 0.810. The third-order valence-electron chi connectivity index (χ3n) is 8.93. The van der Waals surface area contributed by atoms with E-state index >= 15 is 0 Å². The summed E-state index contributed by atoms with van der Waals surface area (Å²) in [4.78, 5) is 0. The third-order valence-corrected chi connectivity index (χ3v) is 8.93. The van der Waals surface area contributed by atoms with Crippen LogP contribution in [0.3, 0.4) is 0 Å². The lowest BCUT2D eigenvalue weighted by molar-refractivity contribution is -0.190. The van der Waals surface area contributed by atoms with Crippen LogP contribution in [0.25, 0.3) is 0 Å². The van der Waals surface area contributed by atoms with Gasteiger partial charge in [-0.15, -0.1) is 0 Å². The van der Waals surface area contributed by atoms with Gasteiger partial charge in [0.1, 0.15) is 0 Å². The minimum atomic E-state index is -0.878. The summed E-state index contributed by atoms with van der Waals surface area (Å²) in [7, 11) is 0. The summed E-state index contributed by atoms with van der Waals surface area (Å²) < 4.78 is 0. The molecule has 4 rings (SSSR count). The average Bonchev–Trinajstić information content (AvgIpc) is 2.84. The second kappa shape index (κ2) is 4.96. The van der Waals surface area contributed by atoms with Crippen LogP contribution in [-0.4, -0.2) is 33.1 Å². The molecule has 0 aromatic carbocycles. The van der Waals surface area contributed by atoms with E-state index in [2.05, 4.69) is 27.0 Å². The fourth-order valence-corrected chi connectivity index (χ4v) is 7.19. The summed E-state index contributed by atoms with van der Waals surface area (Å²) in [5.74, 6) is 1.45. The zero-order valence-corrected chi connectivity index (χ0v) is 15.1. The van der Waals surface area contributed by atoms with Gasteiger partial charge in [-0.05, 0) is 72.8 Å². The van der Waals surface area contributed by atoms with Crippen molar-refractivity contribution in [1.29, 1.82) is 0 Å². The van der Waals surface area contributed by atoms with Gasteiger partial charge in [0.05, 0.1) is 17.8 Å². The Bertz CT molecular complexity index is 598. The molecule has 0 saturated heterocycles. The maximum absolute atomic E-state index is 11.5. The van der Waals surface area contributed by atoms with Gasteiger partial charge >= 0.3 is 0 Å². The van der Waals surface area contributed by atoms with Gasteiger partial charge in [-0.3, -0.25) is 0 Å². The molecule has 24 heavy (non-hydrogen) atoms. The molecule has 134 valence electrons. The van der Waals surface area contributed by atoms with Gasteiger partial charge in [0.2, 0.25) is 0 Å². The Balaban J connectivity index is 1.75. The van der Waals surface area contributed by atoms with Crippen LogP contribution >= 0.6 is 0 Å². The predicted molar refractivity (Wildman–Crippen MR) is 94.2 cm³/mol. The molecule has 0 radical (unpaired) electrons. The largest absolute Gasteiger partial charge is 0.393 e. The van der Waals surface area contributed by atoms with Crippen LogP contribution < -0.4 is 0 Å². The zero-order chi connectivity index (χ0) is 17.5. The molecule has 4 saturated carbocycles. The Morgan fingerprint density at radius 3 is 2.38 bits per heavy atom. The summed E-state index contributed by atoms with van der Waals surface area (Å²) in [6.07, 6.45) is 5.31. The van der Waals surface area contributed by atoms with Crippen LogP contribution in [0.5, 0.6) is 0 Å². The van der Waals surface area contributed by atoms with Crippen molar-refractivity contribution in [3.8, 4) is 0 Å². The van der Waals surface area contributed by atoms with E-state index in [0.717, 1.165) is 44.1 Å². The first-order chi connectivity index (χ1) is 11.1. The molecule has 4 aliphatic rings. The number of rotatable bonds is 0. The molecule has 4 fully saturated rings. The third kappa shape index (κ3) is 1.79. The second-order valence-electron chi connectivity index (χ2n) is 9.51. The van der Waals surface area contributed by atoms with Crippen molar-refractivity contribution in [3.63, 3.8) is 0 Å². The van der Waals surface area contributed by atoms with E-state index in [-0.39, 0.29) is 11.5 Å². The minimum Gasteiger partial charge on any atom is -0.393 e. The monoisotopic (exact) mass is 332 g/mol. The van der Waals surface area contributed by atoms with E-state index in [4.69, 9.17) is 0 Å². The number of hydrogen-bond acceptors (Lipinski definition) is 3. The molecule has 0 spiro atoms. The van der Waals surface area contributed by atoms with E-state index in [9.17, 15) is 15.3 Å². The second-order valence-corrected chi connectivity index (χ2v) is 9.51. The Labute approximate surface area is 145 Å². The van der Waals surface area contributed by atoms with Gasteiger partial charge in [-0.2, -0.15) is 0 Å². The highest BCUT2D eigenvalue weighted by molar-refractivity contribution is 5.43. The molecule has 0 heterocycles. The zero-order valence-electron chi connectivity index (χ0n) is 15.1. The van der Waals surface area contributed by atoms with Crippen LogP contribution in [0.2, 0.25) is 0 Å². The van der Waals surface area contributed by atoms with E-state index in [0.29, 0.717) is 29.7 Å². The Kier molecular flexibility index (Phi) is 3.47. The Morgan fingerprint density at radius 2 is 1.67 bits per heavy atom. The number of aliphatic hydroxyl groups excluding tert-OH is 2. The maximum atomic E-state index is 11.5. The van der Waals surface area contributed by atoms with Crippen molar-refractivity contribution < 1.29 is 15.3 Å². The van der Waals surface area contributed by atoms with Crippen molar-refractivity contribution in [2.24, 2.45) is 28.6 Å². The van der Waals surface area contributed by atoms with Crippen LogP contribution in [0.15, 0.2) is 24.3 Å². The molecular weight excluding hydrogens is 300 g/mol. The number of fused-ring (bicyclic) bond motifs is 5. The molecule has 0 amide bonds. The topological polar surface area (TPSA) is 60.7 Å². The summed E-state index contributed by atoms with van der Waals surface area (Å²) in [5.41, 5.74) is 0.334. The van der Waals surface area contributed by atoms with Crippen molar-refractivity contribution in [2.45, 2.75) is 76.6 Å². The first-order valence-corrected chi connectivity index (χ1v) is 9.62. The van der Waals surface area contributed by atoms with Crippen LogP contribution in [0, 0.1) is 28.6 Å². The van der Waals surface area contributed by atoms with Gasteiger partial charge < -0.3 is 15.3 Å². The first-order valence-electron chi connectivity index (χ1n) is 9.62. The Hall–Kier alpha value is -0.640. The Morgan fingerprint density at radius 1 is 0.958 bits per heavy atom. The van der Waals surface area contributed by atoms with Crippen molar-refractivity contribution in [2.75, 3.05) is 0 Å². The highest BCUT2D eigenvalue weighted by Gasteiger charge is 2.66. The fourth-order valence-electron chi connectivity index (χ4n) is 7.19. The maximum Gasteiger partial charge on any atom is 0.0814 e. The van der Waals surface area contributed by atoms with Crippen molar-refractivity contribution >= 4 is 0 Å². The molecular formula is C21H32O3. The van der Waals surface area contributed by atoms with Gasteiger partial charge in [0.25, 0.3) is 0 Å². The molecule has 3 heteroatoms. The lowest BCUT2D eigenvalue weighted by Gasteiger charge is -2.64. The van der Waals surface area contributed by atoms with Gasteiger partial charge in [0, 0.05) is 11.8 Å². The molecule has 8 atom stereocenters. The molecule has 0 aromatic heterocycles. The van der Waals surface area contributed by atoms with Gasteiger partial charge in [-0.25, -0.2) is 0 Å². The number of hydrogen-bond donors (Lipinski definition) is 3. The van der Waals surface area contributed by atoms with Crippen molar-refractivity contribution in [1.82, 2.24) is 0 Å². The summed E-state index contributed by atoms with van der Waals surface area (Å²) in [6.45, 7) is 12.8. The van der Waals surface area contributed by atoms with Crippen LogP contribution in [-0.2, 0) is 0 Å². The van der Waals surface area contributed by atoms with E-state index in [1.807, 2.05) is 0 Å². The number of aliphatic hydroxyl groups is 3. The first kappa shape index (κ1) is 16.8. The normalized spacial score (nSPS) is 57.3. The quantitative estimate of drug-likeness (QED) is 0.638. The van der Waals surface area contributed by atoms with Crippen LogP contribution in [0.1, 0.15) is 58.8 Å². The lowest BCUT2D eigenvalue weighted by atomic mass is 9.42. The minimum absolute atomic E-state index is 0.0412. The molecule has 3 nitrogen and oxygen atoms in total. The highest BCUT2D eigenvalue weighted by Crippen LogP contribution is 2.68. The lowest BCUT2D eigenvalue weighted by Crippen LogP contribution is -2.64. The van der Waals surface area contributed by atoms with E-state index in [1.54, 1.807) is 0 Å². The summed E-state index contributed by atoms with van der Waals surface area (Å²) >= 11 is 0. The summed E-state index contributed by atoms with van der Waals surface area (Å²) in [6, 6.07) is 0. The highest BCUT2D eigenvalue weighted by atomic mass is 16.3. The summed E-state index contributed by atoms with van der Waals surface area (Å²) in [5, 5.41) is 32.4. The van der Waals surface area contributed by atoms with E-state index in [1.165, 1.54) is 0 Å². The molecule has 0 unspecified atom stereocenters. The SMILES string of the molecule is C=C1C(=C)[C@]2(C)[C@H]3CC[C@]4(C)[C@@H](O)CC[C@H]4[C@@H]3CC[C@]2(O)C[C@H]1O. The van der Waals surface area contributed by atoms with Gasteiger partial charge in [0.15, 0.2) is 0 Å². The molecule has 3 N–H and O–H groups in total. The predicted octanol–water partition coefficient (Wildman–Crippen LogP) is 3.20. The standard InChI is InChI=1S/C21H32O3/c1-12-13(2)20(4)16-8-9-19(3)15(5-6-18(19)23)14(16)7-10-21(20,24)11-17(12)22/h14-18,22-24H,1-2,5-11H2,3-4H3/t14-,15-,16-,17+,18-,19-,20+,21-/m0/s1. The molecule has 0 bridgehead atoms. The molecule has 4 aliphatic carbocycles. The smallest absolute Gasteiger partial charge is 0.0814 e. The van der Waals surface area contributed by atoms with E-state index < -0.39 is 17.1 Å².